The largest absolute Gasteiger partial charge is 0.370 e. The average Bonchev–Trinajstić information content (AvgIpc) is 2.23. The van der Waals surface area contributed by atoms with Crippen LogP contribution in [-0.4, -0.2) is 24.5 Å². The van der Waals surface area contributed by atoms with Gasteiger partial charge in [-0.25, -0.2) is 0 Å². The van der Waals surface area contributed by atoms with E-state index in [-0.39, 0.29) is 0 Å². The summed E-state index contributed by atoms with van der Waals surface area (Å²) in [4.78, 5) is 6.25. The van der Waals surface area contributed by atoms with Gasteiger partial charge in [0, 0.05) is 13.6 Å². The summed E-state index contributed by atoms with van der Waals surface area (Å²) in [6.07, 6.45) is 1.04. The van der Waals surface area contributed by atoms with Crippen molar-refractivity contribution in [2.24, 2.45) is 10.7 Å². The van der Waals surface area contributed by atoms with Crippen LogP contribution in [0.5, 0.6) is 0 Å². The van der Waals surface area contributed by atoms with Gasteiger partial charge in [-0.1, -0.05) is 30.3 Å². The highest BCUT2D eigenvalue weighted by molar-refractivity contribution is 5.78. The van der Waals surface area contributed by atoms with Crippen LogP contribution in [-0.2, 0) is 0 Å². The minimum absolute atomic E-state index is 0.383. The molecule has 1 aromatic carbocycles. The monoisotopic (exact) mass is 189 g/mol. The first-order valence-corrected chi connectivity index (χ1v) is 4.87. The number of hydrogen-bond donors (Lipinski definition) is 1. The Labute approximate surface area is 84.2 Å². The second-order valence-corrected chi connectivity index (χ2v) is 3.57. The molecule has 0 fully saturated rings. The molecule has 3 nitrogen and oxygen atoms in total. The van der Waals surface area contributed by atoms with E-state index >= 15 is 0 Å². The third kappa shape index (κ3) is 1.58. The molecule has 3 heteroatoms. The predicted molar refractivity (Wildman–Crippen MR) is 58.1 cm³/mol. The van der Waals surface area contributed by atoms with Gasteiger partial charge in [-0.2, -0.15) is 0 Å². The van der Waals surface area contributed by atoms with Gasteiger partial charge in [-0.05, 0) is 12.0 Å². The van der Waals surface area contributed by atoms with Crippen molar-refractivity contribution in [1.29, 1.82) is 0 Å². The molecular formula is C11H15N3. The Kier molecular flexibility index (Phi) is 2.39. The molecule has 2 N–H and O–H groups in total. The molecule has 0 amide bonds. The average molecular weight is 189 g/mol. The summed E-state index contributed by atoms with van der Waals surface area (Å²) < 4.78 is 0. The molecule has 0 aliphatic carbocycles. The zero-order valence-electron chi connectivity index (χ0n) is 8.35. The molecule has 0 aromatic heterocycles. The standard InChI is InChI=1S/C11H15N3/c1-14-10(7-8-13-11(14)12)9-5-3-2-4-6-9/h2-6,10H,7-8H2,1H3,(H2,12,13). The molecule has 74 valence electrons. The summed E-state index contributed by atoms with van der Waals surface area (Å²) in [5.41, 5.74) is 7.09. The zero-order valence-corrected chi connectivity index (χ0v) is 8.35. The van der Waals surface area contributed by atoms with Gasteiger partial charge in [0.1, 0.15) is 0 Å². The number of guanidine groups is 1. The topological polar surface area (TPSA) is 41.6 Å². The van der Waals surface area contributed by atoms with Crippen LogP contribution in [0.3, 0.4) is 0 Å². The van der Waals surface area contributed by atoms with Crippen molar-refractivity contribution in [3.63, 3.8) is 0 Å². The fourth-order valence-electron chi connectivity index (χ4n) is 1.83. The zero-order chi connectivity index (χ0) is 9.97. The molecule has 0 spiro atoms. The maximum atomic E-state index is 5.78. The minimum atomic E-state index is 0.383. The highest BCUT2D eigenvalue weighted by Crippen LogP contribution is 2.24. The molecule has 2 rings (SSSR count). The molecule has 1 atom stereocenters. The number of hydrogen-bond acceptors (Lipinski definition) is 3. The van der Waals surface area contributed by atoms with Gasteiger partial charge in [-0.3, -0.25) is 4.99 Å². The summed E-state index contributed by atoms with van der Waals surface area (Å²) >= 11 is 0. The van der Waals surface area contributed by atoms with Crippen LogP contribution in [0.25, 0.3) is 0 Å². The Balaban J connectivity index is 2.24. The minimum Gasteiger partial charge on any atom is -0.370 e. The molecule has 14 heavy (non-hydrogen) atoms. The molecule has 0 saturated heterocycles. The molecule has 1 aliphatic rings. The summed E-state index contributed by atoms with van der Waals surface area (Å²) in [7, 11) is 2.00. The Bertz CT molecular complexity index is 332. The van der Waals surface area contributed by atoms with Gasteiger partial charge in [0.25, 0.3) is 0 Å². The van der Waals surface area contributed by atoms with Gasteiger partial charge in [0.15, 0.2) is 5.96 Å². The van der Waals surface area contributed by atoms with Gasteiger partial charge >= 0.3 is 0 Å². The first-order valence-electron chi connectivity index (χ1n) is 4.87. The first-order chi connectivity index (χ1) is 6.79. The van der Waals surface area contributed by atoms with Crippen molar-refractivity contribution < 1.29 is 0 Å². The molecule has 1 heterocycles. The van der Waals surface area contributed by atoms with Crippen molar-refractivity contribution in [1.82, 2.24) is 4.90 Å². The van der Waals surface area contributed by atoms with Crippen LogP contribution < -0.4 is 5.73 Å². The van der Waals surface area contributed by atoms with Crippen molar-refractivity contribution in [2.45, 2.75) is 12.5 Å². The second-order valence-electron chi connectivity index (χ2n) is 3.57. The summed E-state index contributed by atoms with van der Waals surface area (Å²) in [5.74, 6) is 0.644. The fraction of sp³-hybridized carbons (Fsp3) is 0.364. The quantitative estimate of drug-likeness (QED) is 0.725. The van der Waals surface area contributed by atoms with E-state index in [1.807, 2.05) is 18.0 Å². The lowest BCUT2D eigenvalue weighted by Gasteiger charge is -2.32. The second kappa shape index (κ2) is 3.70. The predicted octanol–water partition coefficient (Wildman–Crippen LogP) is 1.38. The summed E-state index contributed by atoms with van der Waals surface area (Å²) in [5, 5.41) is 0. The van der Waals surface area contributed by atoms with E-state index in [1.165, 1.54) is 5.56 Å². The third-order valence-electron chi connectivity index (χ3n) is 2.69. The number of benzene rings is 1. The Morgan fingerprint density at radius 3 is 2.79 bits per heavy atom. The van der Waals surface area contributed by atoms with E-state index in [9.17, 15) is 0 Å². The number of rotatable bonds is 1. The van der Waals surface area contributed by atoms with Crippen molar-refractivity contribution in [3.8, 4) is 0 Å². The molecule has 1 aliphatic heterocycles. The van der Waals surface area contributed by atoms with Gasteiger partial charge in [0.05, 0.1) is 6.04 Å². The van der Waals surface area contributed by atoms with Crippen LogP contribution >= 0.6 is 0 Å². The smallest absolute Gasteiger partial charge is 0.191 e. The Hall–Kier alpha value is -1.51. The van der Waals surface area contributed by atoms with Crippen molar-refractivity contribution in [2.75, 3.05) is 13.6 Å². The van der Waals surface area contributed by atoms with Crippen LogP contribution in [0.15, 0.2) is 35.3 Å². The van der Waals surface area contributed by atoms with E-state index in [0.29, 0.717) is 12.0 Å². The molecule has 0 bridgehead atoms. The maximum absolute atomic E-state index is 5.78. The number of aliphatic imine (C=N–C) groups is 1. The molecular weight excluding hydrogens is 174 g/mol. The number of nitrogens with two attached hydrogens (primary N) is 1. The third-order valence-corrected chi connectivity index (χ3v) is 2.69. The van der Waals surface area contributed by atoms with Crippen molar-refractivity contribution >= 4 is 5.96 Å². The lowest BCUT2D eigenvalue weighted by atomic mass is 10.0. The van der Waals surface area contributed by atoms with Gasteiger partial charge in [0.2, 0.25) is 0 Å². The molecule has 1 aromatic rings. The SMILES string of the molecule is CN1C(N)=NCCC1c1ccccc1. The Morgan fingerprint density at radius 2 is 2.07 bits per heavy atom. The lowest BCUT2D eigenvalue weighted by molar-refractivity contribution is 0.335. The normalized spacial score (nSPS) is 21.9. The van der Waals surface area contributed by atoms with E-state index in [2.05, 4.69) is 29.3 Å². The van der Waals surface area contributed by atoms with Gasteiger partial charge in [-0.15, -0.1) is 0 Å². The van der Waals surface area contributed by atoms with Crippen LogP contribution in [0.1, 0.15) is 18.0 Å². The van der Waals surface area contributed by atoms with Gasteiger partial charge < -0.3 is 10.6 Å². The summed E-state index contributed by atoms with van der Waals surface area (Å²) in [6.45, 7) is 0.829. The number of nitrogens with zero attached hydrogens (tertiary/aromatic N) is 2. The Morgan fingerprint density at radius 1 is 1.36 bits per heavy atom. The van der Waals surface area contributed by atoms with Crippen LogP contribution in [0.4, 0.5) is 0 Å². The van der Waals surface area contributed by atoms with Crippen LogP contribution in [0.2, 0.25) is 0 Å². The maximum Gasteiger partial charge on any atom is 0.191 e. The highest BCUT2D eigenvalue weighted by atomic mass is 15.3. The lowest BCUT2D eigenvalue weighted by Crippen LogP contribution is -2.40. The van der Waals surface area contributed by atoms with E-state index in [1.54, 1.807) is 0 Å². The van der Waals surface area contributed by atoms with E-state index < -0.39 is 0 Å². The van der Waals surface area contributed by atoms with Crippen molar-refractivity contribution in [3.05, 3.63) is 35.9 Å². The molecule has 1 unspecified atom stereocenters. The van der Waals surface area contributed by atoms with Crippen LogP contribution in [0, 0.1) is 0 Å². The highest BCUT2D eigenvalue weighted by Gasteiger charge is 2.21. The molecule has 0 saturated carbocycles. The summed E-state index contributed by atoms with van der Waals surface area (Å²) in [6, 6.07) is 10.8. The first kappa shape index (κ1) is 9.06. The van der Waals surface area contributed by atoms with E-state index in [4.69, 9.17) is 5.73 Å². The van der Waals surface area contributed by atoms with E-state index in [0.717, 1.165) is 13.0 Å². The fourth-order valence-corrected chi connectivity index (χ4v) is 1.83. The molecule has 0 radical (unpaired) electrons.